The van der Waals surface area contributed by atoms with Gasteiger partial charge >= 0.3 is 6.03 Å². The van der Waals surface area contributed by atoms with Gasteiger partial charge in [0, 0.05) is 38.6 Å². The number of nitrogens with zero attached hydrogens (tertiary/aromatic N) is 2. The van der Waals surface area contributed by atoms with E-state index in [0.717, 1.165) is 19.4 Å². The number of nitrogens with one attached hydrogen (secondary N) is 1. The summed E-state index contributed by atoms with van der Waals surface area (Å²) in [6, 6.07) is 10.5. The first-order valence-corrected chi connectivity index (χ1v) is 9.50. The van der Waals surface area contributed by atoms with Gasteiger partial charge < -0.3 is 15.1 Å². The smallest absolute Gasteiger partial charge is 0.317 e. The standard InChI is InChI=1S/C20H27N3O2/c1-14-11-17(14)19(24)22-7-9-23(10-8-22)20(25)21-13-16-12-18(16)15-5-3-2-4-6-15/h2-6,14,16-18H,7-13H2,1H3,(H,21,25). The predicted octanol–water partition coefficient (Wildman–Crippen LogP) is 2.30. The van der Waals surface area contributed by atoms with Crippen molar-refractivity contribution < 1.29 is 9.59 Å². The quantitative estimate of drug-likeness (QED) is 0.914. The van der Waals surface area contributed by atoms with Crippen LogP contribution in [0.5, 0.6) is 0 Å². The minimum absolute atomic E-state index is 0.0191. The molecule has 0 bridgehead atoms. The van der Waals surface area contributed by atoms with Crippen LogP contribution in [0.2, 0.25) is 0 Å². The molecular weight excluding hydrogens is 314 g/mol. The van der Waals surface area contributed by atoms with E-state index in [1.807, 2.05) is 15.9 Å². The molecule has 0 aromatic heterocycles. The Hall–Kier alpha value is -2.04. The minimum atomic E-state index is 0.0191. The number of carbonyl (C=O) groups is 2. The highest BCUT2D eigenvalue weighted by Crippen LogP contribution is 2.46. The van der Waals surface area contributed by atoms with Crippen molar-refractivity contribution in [1.82, 2.24) is 15.1 Å². The summed E-state index contributed by atoms with van der Waals surface area (Å²) in [7, 11) is 0. The predicted molar refractivity (Wildman–Crippen MR) is 96.1 cm³/mol. The molecule has 3 aliphatic rings. The van der Waals surface area contributed by atoms with Crippen LogP contribution in [0.4, 0.5) is 4.79 Å². The molecule has 25 heavy (non-hydrogen) atoms. The van der Waals surface area contributed by atoms with Crippen LogP contribution in [0, 0.1) is 17.8 Å². The zero-order chi connectivity index (χ0) is 17.4. The van der Waals surface area contributed by atoms with Crippen LogP contribution in [0.1, 0.15) is 31.2 Å². The average Bonchev–Trinajstić information content (AvgIpc) is 3.57. The Balaban J connectivity index is 1.18. The molecule has 0 spiro atoms. The molecule has 4 unspecified atom stereocenters. The monoisotopic (exact) mass is 341 g/mol. The molecule has 5 nitrogen and oxygen atoms in total. The highest BCUT2D eigenvalue weighted by atomic mass is 16.2. The van der Waals surface area contributed by atoms with E-state index in [1.165, 1.54) is 5.56 Å². The molecule has 0 radical (unpaired) electrons. The molecule has 1 heterocycles. The summed E-state index contributed by atoms with van der Waals surface area (Å²) in [6.07, 6.45) is 2.19. The van der Waals surface area contributed by atoms with E-state index in [-0.39, 0.29) is 17.9 Å². The van der Waals surface area contributed by atoms with Gasteiger partial charge in [0.1, 0.15) is 0 Å². The van der Waals surface area contributed by atoms with Crippen LogP contribution in [0.3, 0.4) is 0 Å². The van der Waals surface area contributed by atoms with Crippen molar-refractivity contribution in [2.75, 3.05) is 32.7 Å². The van der Waals surface area contributed by atoms with Crippen molar-refractivity contribution >= 4 is 11.9 Å². The Kier molecular flexibility index (Phi) is 4.40. The van der Waals surface area contributed by atoms with E-state index in [9.17, 15) is 9.59 Å². The van der Waals surface area contributed by atoms with Crippen LogP contribution in [-0.4, -0.2) is 54.5 Å². The van der Waals surface area contributed by atoms with Crippen molar-refractivity contribution in [2.45, 2.75) is 25.7 Å². The maximum Gasteiger partial charge on any atom is 0.317 e. The topological polar surface area (TPSA) is 52.7 Å². The summed E-state index contributed by atoms with van der Waals surface area (Å²) in [4.78, 5) is 28.4. The van der Waals surface area contributed by atoms with Crippen LogP contribution in [-0.2, 0) is 4.79 Å². The molecule has 1 aromatic carbocycles. The van der Waals surface area contributed by atoms with Crippen molar-refractivity contribution in [3.05, 3.63) is 35.9 Å². The van der Waals surface area contributed by atoms with Crippen LogP contribution in [0.15, 0.2) is 30.3 Å². The number of amides is 3. The highest BCUT2D eigenvalue weighted by Gasteiger charge is 2.42. The van der Waals surface area contributed by atoms with Gasteiger partial charge in [0.2, 0.25) is 5.91 Å². The van der Waals surface area contributed by atoms with E-state index in [4.69, 9.17) is 0 Å². The van der Waals surface area contributed by atoms with Gasteiger partial charge in [0.15, 0.2) is 0 Å². The normalized spacial score (nSPS) is 30.8. The summed E-state index contributed by atoms with van der Waals surface area (Å²) >= 11 is 0. The lowest BCUT2D eigenvalue weighted by molar-refractivity contribution is -0.134. The van der Waals surface area contributed by atoms with Gasteiger partial charge in [-0.15, -0.1) is 0 Å². The molecule has 4 atom stereocenters. The molecule has 1 aliphatic heterocycles. The maximum atomic E-state index is 12.4. The lowest BCUT2D eigenvalue weighted by atomic mass is 10.1. The van der Waals surface area contributed by atoms with E-state index in [0.29, 0.717) is 43.9 Å². The lowest BCUT2D eigenvalue weighted by Gasteiger charge is -2.35. The number of urea groups is 1. The number of hydrogen-bond acceptors (Lipinski definition) is 2. The first-order valence-electron chi connectivity index (χ1n) is 9.50. The fourth-order valence-corrected chi connectivity index (χ4v) is 3.94. The summed E-state index contributed by atoms with van der Waals surface area (Å²) in [5.41, 5.74) is 1.38. The molecule has 3 fully saturated rings. The average molecular weight is 341 g/mol. The SMILES string of the molecule is CC1CC1C(=O)N1CCN(C(=O)NCC2CC2c2ccccc2)CC1. The molecule has 5 heteroatoms. The Labute approximate surface area is 149 Å². The first-order chi connectivity index (χ1) is 12.1. The minimum Gasteiger partial charge on any atom is -0.339 e. The van der Waals surface area contributed by atoms with E-state index in [2.05, 4.69) is 36.5 Å². The summed E-state index contributed by atoms with van der Waals surface area (Å²) in [6.45, 7) is 5.51. The number of piperazine rings is 1. The van der Waals surface area contributed by atoms with Gasteiger partial charge in [-0.2, -0.15) is 0 Å². The second-order valence-electron chi connectivity index (χ2n) is 7.83. The van der Waals surface area contributed by atoms with Gasteiger partial charge in [-0.05, 0) is 36.2 Å². The van der Waals surface area contributed by atoms with Crippen LogP contribution >= 0.6 is 0 Å². The number of benzene rings is 1. The Morgan fingerprint density at radius 3 is 2.32 bits per heavy atom. The largest absolute Gasteiger partial charge is 0.339 e. The summed E-state index contributed by atoms with van der Waals surface area (Å²) in [5, 5.41) is 3.08. The van der Waals surface area contributed by atoms with Gasteiger partial charge in [-0.1, -0.05) is 37.3 Å². The second-order valence-corrected chi connectivity index (χ2v) is 7.83. The van der Waals surface area contributed by atoms with E-state index < -0.39 is 0 Å². The Morgan fingerprint density at radius 1 is 1.04 bits per heavy atom. The van der Waals surface area contributed by atoms with Crippen molar-refractivity contribution in [3.8, 4) is 0 Å². The summed E-state index contributed by atoms with van der Waals surface area (Å²) in [5.74, 6) is 2.23. The lowest BCUT2D eigenvalue weighted by Crippen LogP contribution is -2.53. The molecule has 1 N–H and O–H groups in total. The number of hydrogen-bond donors (Lipinski definition) is 1. The van der Waals surface area contributed by atoms with Crippen molar-refractivity contribution in [3.63, 3.8) is 0 Å². The van der Waals surface area contributed by atoms with E-state index >= 15 is 0 Å². The highest BCUT2D eigenvalue weighted by molar-refractivity contribution is 5.82. The van der Waals surface area contributed by atoms with Gasteiger partial charge in [-0.3, -0.25) is 4.79 Å². The van der Waals surface area contributed by atoms with Crippen LogP contribution in [0.25, 0.3) is 0 Å². The third-order valence-corrected chi connectivity index (χ3v) is 5.97. The molecular formula is C20H27N3O2. The molecule has 3 amide bonds. The molecule has 1 aromatic rings. The maximum absolute atomic E-state index is 12.4. The Morgan fingerprint density at radius 2 is 1.68 bits per heavy atom. The van der Waals surface area contributed by atoms with Gasteiger partial charge in [0.25, 0.3) is 0 Å². The third kappa shape index (κ3) is 3.65. The Bertz CT molecular complexity index is 640. The molecule has 2 aliphatic carbocycles. The second kappa shape index (κ2) is 6.70. The number of rotatable bonds is 4. The van der Waals surface area contributed by atoms with Gasteiger partial charge in [0.05, 0.1) is 0 Å². The first kappa shape index (κ1) is 16.4. The van der Waals surface area contributed by atoms with Crippen molar-refractivity contribution in [1.29, 1.82) is 0 Å². The molecule has 1 saturated heterocycles. The molecule has 134 valence electrons. The fourth-order valence-electron chi connectivity index (χ4n) is 3.94. The van der Waals surface area contributed by atoms with Gasteiger partial charge in [-0.25, -0.2) is 4.79 Å². The van der Waals surface area contributed by atoms with Crippen LogP contribution < -0.4 is 5.32 Å². The third-order valence-electron chi connectivity index (χ3n) is 5.97. The molecule has 2 saturated carbocycles. The van der Waals surface area contributed by atoms with Crippen molar-refractivity contribution in [2.24, 2.45) is 17.8 Å². The zero-order valence-electron chi connectivity index (χ0n) is 14.9. The fraction of sp³-hybridized carbons (Fsp3) is 0.600. The molecule has 4 rings (SSSR count). The zero-order valence-corrected chi connectivity index (χ0v) is 14.9. The summed E-state index contributed by atoms with van der Waals surface area (Å²) < 4.78 is 0. The van der Waals surface area contributed by atoms with E-state index in [1.54, 1.807) is 0 Å². The number of carbonyl (C=O) groups excluding carboxylic acids is 2.